The van der Waals surface area contributed by atoms with Crippen molar-refractivity contribution in [3.63, 3.8) is 0 Å². The molecule has 15 heavy (non-hydrogen) atoms. The maximum atomic E-state index is 11.3. The lowest BCUT2D eigenvalue weighted by molar-refractivity contribution is -0.127. The topological polar surface area (TPSA) is 32.8 Å². The zero-order valence-corrected chi connectivity index (χ0v) is 9.45. The molecule has 86 valence electrons. The van der Waals surface area contributed by atoms with Crippen LogP contribution in [0.2, 0.25) is 0 Å². The van der Waals surface area contributed by atoms with Gasteiger partial charge in [-0.05, 0) is 13.0 Å². The summed E-state index contributed by atoms with van der Waals surface area (Å²) in [6, 6.07) is 0. The van der Waals surface area contributed by atoms with Crippen molar-refractivity contribution in [1.29, 1.82) is 0 Å². The van der Waals surface area contributed by atoms with E-state index in [1.165, 1.54) is 6.08 Å². The van der Waals surface area contributed by atoms with E-state index in [0.717, 1.165) is 45.9 Å². The minimum Gasteiger partial charge on any atom is -0.380 e. The Hall–Kier alpha value is -0.870. The van der Waals surface area contributed by atoms with Crippen LogP contribution in [0.5, 0.6) is 0 Å². The fourth-order valence-electron chi connectivity index (χ4n) is 1.66. The van der Waals surface area contributed by atoms with Gasteiger partial charge in [0.2, 0.25) is 5.91 Å². The Morgan fingerprint density at radius 1 is 1.40 bits per heavy atom. The lowest BCUT2D eigenvalue weighted by atomic mass is 10.3. The van der Waals surface area contributed by atoms with Gasteiger partial charge < -0.3 is 9.64 Å². The minimum atomic E-state index is 0.0412. The first-order valence-electron chi connectivity index (χ1n) is 5.49. The molecule has 0 saturated carbocycles. The quantitative estimate of drug-likeness (QED) is 0.487. The summed E-state index contributed by atoms with van der Waals surface area (Å²) >= 11 is 0. The molecule has 1 saturated heterocycles. The summed E-state index contributed by atoms with van der Waals surface area (Å²) in [6.07, 6.45) is 1.38. The number of carbonyl (C=O) groups excluding carboxylic acids is 1. The summed E-state index contributed by atoms with van der Waals surface area (Å²) in [5.74, 6) is 0.0412. The van der Waals surface area contributed by atoms with Gasteiger partial charge in [-0.25, -0.2) is 0 Å². The molecule has 1 rings (SSSR count). The number of nitrogens with zero attached hydrogens (tertiary/aromatic N) is 2. The molecule has 0 atom stereocenters. The molecule has 1 amide bonds. The van der Waals surface area contributed by atoms with Crippen LogP contribution < -0.4 is 0 Å². The third kappa shape index (κ3) is 4.01. The van der Waals surface area contributed by atoms with Gasteiger partial charge in [0.25, 0.3) is 0 Å². The molecule has 0 unspecified atom stereocenters. The SMILES string of the molecule is C=CC(=O)N1CCN(CCOCC)CC1. The van der Waals surface area contributed by atoms with Crippen molar-refractivity contribution < 1.29 is 9.53 Å². The van der Waals surface area contributed by atoms with Gasteiger partial charge in [0.05, 0.1) is 6.61 Å². The van der Waals surface area contributed by atoms with E-state index in [-0.39, 0.29) is 5.91 Å². The number of ether oxygens (including phenoxy) is 1. The molecule has 4 heteroatoms. The predicted octanol–water partition coefficient (Wildman–Crippen LogP) is 0.353. The minimum absolute atomic E-state index is 0.0412. The number of piperazine rings is 1. The maximum Gasteiger partial charge on any atom is 0.246 e. The third-order valence-electron chi connectivity index (χ3n) is 2.61. The van der Waals surface area contributed by atoms with Crippen molar-refractivity contribution in [3.8, 4) is 0 Å². The number of hydrogen-bond acceptors (Lipinski definition) is 3. The summed E-state index contributed by atoms with van der Waals surface area (Å²) in [4.78, 5) is 15.5. The standard InChI is InChI=1S/C11H20N2O2/c1-3-11(14)13-7-5-12(6-8-13)9-10-15-4-2/h3H,1,4-10H2,2H3. The lowest BCUT2D eigenvalue weighted by Crippen LogP contribution is -2.48. The Bertz CT molecular complexity index is 211. The van der Waals surface area contributed by atoms with Gasteiger partial charge in [0.15, 0.2) is 0 Å². The molecule has 0 aromatic carbocycles. The van der Waals surface area contributed by atoms with Crippen LogP contribution in [0.4, 0.5) is 0 Å². The summed E-state index contributed by atoms with van der Waals surface area (Å²) in [7, 11) is 0. The van der Waals surface area contributed by atoms with Crippen LogP contribution in [-0.2, 0) is 9.53 Å². The third-order valence-corrected chi connectivity index (χ3v) is 2.61. The highest BCUT2D eigenvalue weighted by Crippen LogP contribution is 2.02. The van der Waals surface area contributed by atoms with E-state index in [1.807, 2.05) is 11.8 Å². The van der Waals surface area contributed by atoms with E-state index < -0.39 is 0 Å². The second-order valence-corrected chi connectivity index (χ2v) is 3.57. The largest absolute Gasteiger partial charge is 0.380 e. The molecule has 0 aromatic heterocycles. The predicted molar refractivity (Wildman–Crippen MR) is 59.7 cm³/mol. The first-order chi connectivity index (χ1) is 7.27. The zero-order chi connectivity index (χ0) is 11.1. The molecule has 1 heterocycles. The van der Waals surface area contributed by atoms with Gasteiger partial charge in [0, 0.05) is 39.3 Å². The van der Waals surface area contributed by atoms with Crippen LogP contribution in [0.3, 0.4) is 0 Å². The number of rotatable bonds is 5. The molecule has 1 aliphatic heterocycles. The van der Waals surface area contributed by atoms with E-state index in [9.17, 15) is 4.79 Å². The van der Waals surface area contributed by atoms with E-state index in [0.29, 0.717) is 0 Å². The van der Waals surface area contributed by atoms with Crippen molar-refractivity contribution in [3.05, 3.63) is 12.7 Å². The van der Waals surface area contributed by atoms with E-state index >= 15 is 0 Å². The second-order valence-electron chi connectivity index (χ2n) is 3.57. The first-order valence-corrected chi connectivity index (χ1v) is 5.49. The van der Waals surface area contributed by atoms with Crippen molar-refractivity contribution in [1.82, 2.24) is 9.80 Å². The van der Waals surface area contributed by atoms with Crippen LogP contribution >= 0.6 is 0 Å². The Balaban J connectivity index is 2.18. The number of amides is 1. The number of hydrogen-bond donors (Lipinski definition) is 0. The second kappa shape index (κ2) is 6.58. The highest BCUT2D eigenvalue weighted by Gasteiger charge is 2.18. The highest BCUT2D eigenvalue weighted by molar-refractivity contribution is 5.87. The highest BCUT2D eigenvalue weighted by atomic mass is 16.5. The summed E-state index contributed by atoms with van der Waals surface area (Å²) in [5, 5.41) is 0. The molecular weight excluding hydrogens is 192 g/mol. The average molecular weight is 212 g/mol. The molecular formula is C11H20N2O2. The maximum absolute atomic E-state index is 11.3. The smallest absolute Gasteiger partial charge is 0.246 e. The van der Waals surface area contributed by atoms with Gasteiger partial charge in [0.1, 0.15) is 0 Å². The first kappa shape index (κ1) is 12.2. The molecule has 1 aliphatic rings. The molecule has 0 bridgehead atoms. The molecule has 0 radical (unpaired) electrons. The van der Waals surface area contributed by atoms with Crippen LogP contribution in [0.25, 0.3) is 0 Å². The van der Waals surface area contributed by atoms with Crippen molar-refractivity contribution in [2.24, 2.45) is 0 Å². The van der Waals surface area contributed by atoms with Crippen LogP contribution in [0, 0.1) is 0 Å². The van der Waals surface area contributed by atoms with E-state index in [2.05, 4.69) is 11.5 Å². The fraction of sp³-hybridized carbons (Fsp3) is 0.727. The lowest BCUT2D eigenvalue weighted by Gasteiger charge is -2.34. The molecule has 4 nitrogen and oxygen atoms in total. The van der Waals surface area contributed by atoms with E-state index in [1.54, 1.807) is 0 Å². The van der Waals surface area contributed by atoms with Gasteiger partial charge in [-0.15, -0.1) is 0 Å². The normalized spacial score (nSPS) is 17.8. The van der Waals surface area contributed by atoms with E-state index in [4.69, 9.17) is 4.74 Å². The molecule has 1 fully saturated rings. The molecule has 0 spiro atoms. The van der Waals surface area contributed by atoms with Gasteiger partial charge in [-0.1, -0.05) is 6.58 Å². The average Bonchev–Trinajstić information content (AvgIpc) is 2.29. The van der Waals surface area contributed by atoms with Gasteiger partial charge in [-0.2, -0.15) is 0 Å². The van der Waals surface area contributed by atoms with Gasteiger partial charge in [-0.3, -0.25) is 9.69 Å². The van der Waals surface area contributed by atoms with Crippen molar-refractivity contribution in [2.75, 3.05) is 45.9 Å². The van der Waals surface area contributed by atoms with Crippen LogP contribution in [-0.4, -0.2) is 61.6 Å². The Kier molecular flexibility index (Phi) is 5.36. The molecule has 0 aromatic rings. The van der Waals surface area contributed by atoms with Crippen LogP contribution in [0.15, 0.2) is 12.7 Å². The Morgan fingerprint density at radius 2 is 2.07 bits per heavy atom. The zero-order valence-electron chi connectivity index (χ0n) is 9.45. The van der Waals surface area contributed by atoms with Crippen molar-refractivity contribution >= 4 is 5.91 Å². The number of carbonyl (C=O) groups is 1. The van der Waals surface area contributed by atoms with Gasteiger partial charge >= 0.3 is 0 Å². The Labute approximate surface area is 91.5 Å². The molecule has 0 N–H and O–H groups in total. The summed E-state index contributed by atoms with van der Waals surface area (Å²) < 4.78 is 5.29. The summed E-state index contributed by atoms with van der Waals surface area (Å²) in [6.45, 7) is 11.5. The monoisotopic (exact) mass is 212 g/mol. The van der Waals surface area contributed by atoms with Crippen molar-refractivity contribution in [2.45, 2.75) is 6.92 Å². The Morgan fingerprint density at radius 3 is 2.60 bits per heavy atom. The van der Waals surface area contributed by atoms with Crippen LogP contribution in [0.1, 0.15) is 6.92 Å². The molecule has 0 aliphatic carbocycles. The summed E-state index contributed by atoms with van der Waals surface area (Å²) in [5.41, 5.74) is 0. The fourth-order valence-corrected chi connectivity index (χ4v) is 1.66.